The summed E-state index contributed by atoms with van der Waals surface area (Å²) in [4.78, 5) is 12.6. The number of ketones is 1. The molecule has 0 aliphatic rings. The van der Waals surface area contributed by atoms with Crippen molar-refractivity contribution in [3.63, 3.8) is 0 Å². The zero-order chi connectivity index (χ0) is 18.7. The topological polar surface area (TPSA) is 87.0 Å². The van der Waals surface area contributed by atoms with Crippen molar-refractivity contribution in [3.05, 3.63) is 77.9 Å². The summed E-state index contributed by atoms with van der Waals surface area (Å²) in [6.45, 7) is 1.50. The van der Waals surface area contributed by atoms with Crippen LogP contribution in [0.25, 0.3) is 10.8 Å². The standard InChI is InChI=1S/C20H16N2O3S/c1-14(20(23)17-8-6-15(13-21)7-9-17)22-26(24,25)19-11-10-16-4-2-3-5-18(16)12-19/h2-12,14,22H,1H3/t14-/m0/s1. The van der Waals surface area contributed by atoms with Gasteiger partial charge in [-0.05, 0) is 42.0 Å². The number of hydrogen-bond acceptors (Lipinski definition) is 4. The Labute approximate surface area is 151 Å². The van der Waals surface area contributed by atoms with E-state index in [2.05, 4.69) is 4.72 Å². The van der Waals surface area contributed by atoms with Crippen molar-refractivity contribution in [3.8, 4) is 6.07 Å². The molecule has 5 nitrogen and oxygen atoms in total. The molecule has 0 amide bonds. The van der Waals surface area contributed by atoms with Gasteiger partial charge in [0.2, 0.25) is 10.0 Å². The first-order valence-electron chi connectivity index (χ1n) is 7.96. The molecule has 130 valence electrons. The minimum absolute atomic E-state index is 0.107. The van der Waals surface area contributed by atoms with E-state index in [1.54, 1.807) is 12.1 Å². The fraction of sp³-hybridized carbons (Fsp3) is 0.100. The van der Waals surface area contributed by atoms with Gasteiger partial charge in [0, 0.05) is 5.56 Å². The van der Waals surface area contributed by atoms with E-state index < -0.39 is 16.1 Å². The van der Waals surface area contributed by atoms with Crippen LogP contribution in [0.1, 0.15) is 22.8 Å². The molecule has 0 fully saturated rings. The van der Waals surface area contributed by atoms with E-state index in [9.17, 15) is 13.2 Å². The van der Waals surface area contributed by atoms with E-state index in [4.69, 9.17) is 5.26 Å². The SMILES string of the molecule is C[C@H](NS(=O)(=O)c1ccc2ccccc2c1)C(=O)c1ccc(C#N)cc1. The van der Waals surface area contributed by atoms with Crippen LogP contribution in [0.5, 0.6) is 0 Å². The highest BCUT2D eigenvalue weighted by Crippen LogP contribution is 2.19. The zero-order valence-corrected chi connectivity index (χ0v) is 14.8. The molecule has 0 radical (unpaired) electrons. The molecule has 0 spiro atoms. The Hall–Kier alpha value is -3.01. The number of benzene rings is 3. The fourth-order valence-corrected chi connectivity index (χ4v) is 3.89. The summed E-state index contributed by atoms with van der Waals surface area (Å²) in [7, 11) is -3.84. The first kappa shape index (κ1) is 17.8. The number of carbonyl (C=O) groups excluding carboxylic acids is 1. The van der Waals surface area contributed by atoms with Crippen LogP contribution >= 0.6 is 0 Å². The van der Waals surface area contributed by atoms with Crippen LogP contribution in [0.15, 0.2) is 71.6 Å². The second-order valence-electron chi connectivity index (χ2n) is 5.91. The Morgan fingerprint density at radius 1 is 1.00 bits per heavy atom. The van der Waals surface area contributed by atoms with Crippen LogP contribution in [0, 0.1) is 11.3 Å². The monoisotopic (exact) mass is 364 g/mol. The molecule has 6 heteroatoms. The van der Waals surface area contributed by atoms with Gasteiger partial charge in [0.1, 0.15) is 0 Å². The lowest BCUT2D eigenvalue weighted by molar-refractivity contribution is 0.0961. The fourth-order valence-electron chi connectivity index (χ4n) is 2.65. The maximum absolute atomic E-state index is 12.6. The number of nitrogens with zero attached hydrogens (tertiary/aromatic N) is 1. The van der Waals surface area contributed by atoms with E-state index in [1.807, 2.05) is 30.3 Å². The van der Waals surface area contributed by atoms with Crippen LogP contribution in [-0.4, -0.2) is 20.2 Å². The Kier molecular flexibility index (Phi) is 4.85. The normalized spacial score (nSPS) is 12.5. The predicted molar refractivity (Wildman–Crippen MR) is 99.2 cm³/mol. The average Bonchev–Trinajstić information content (AvgIpc) is 2.66. The van der Waals surface area contributed by atoms with Crippen molar-refractivity contribution in [2.75, 3.05) is 0 Å². The number of nitrogens with one attached hydrogen (secondary N) is 1. The minimum atomic E-state index is -3.84. The van der Waals surface area contributed by atoms with Crippen molar-refractivity contribution in [1.82, 2.24) is 4.72 Å². The van der Waals surface area contributed by atoms with Gasteiger partial charge >= 0.3 is 0 Å². The lowest BCUT2D eigenvalue weighted by Gasteiger charge is -2.14. The number of nitriles is 1. The first-order chi connectivity index (χ1) is 12.4. The lowest BCUT2D eigenvalue weighted by atomic mass is 10.0. The molecule has 3 aromatic rings. The second kappa shape index (κ2) is 7.08. The molecular weight excluding hydrogens is 348 g/mol. The number of hydrogen-bond donors (Lipinski definition) is 1. The molecule has 0 unspecified atom stereocenters. The van der Waals surface area contributed by atoms with Crippen LogP contribution in [-0.2, 0) is 10.0 Å². The van der Waals surface area contributed by atoms with Crippen molar-refractivity contribution in [2.24, 2.45) is 0 Å². The van der Waals surface area contributed by atoms with E-state index in [0.29, 0.717) is 11.1 Å². The van der Waals surface area contributed by atoms with Gasteiger partial charge in [-0.3, -0.25) is 4.79 Å². The van der Waals surface area contributed by atoms with Gasteiger partial charge in [-0.1, -0.05) is 42.5 Å². The molecule has 0 heterocycles. The molecule has 1 N–H and O–H groups in total. The number of fused-ring (bicyclic) bond motifs is 1. The molecule has 1 atom stereocenters. The number of sulfonamides is 1. The number of Topliss-reactive ketones (excluding diaryl/α,β-unsaturated/α-hetero) is 1. The van der Waals surface area contributed by atoms with Gasteiger partial charge < -0.3 is 0 Å². The lowest BCUT2D eigenvalue weighted by Crippen LogP contribution is -2.38. The van der Waals surface area contributed by atoms with E-state index in [-0.39, 0.29) is 10.7 Å². The van der Waals surface area contributed by atoms with E-state index in [1.165, 1.54) is 37.3 Å². The third-order valence-electron chi connectivity index (χ3n) is 4.05. The molecule has 0 saturated heterocycles. The Bertz CT molecular complexity index is 1110. The van der Waals surface area contributed by atoms with Crippen molar-refractivity contribution in [2.45, 2.75) is 17.9 Å². The second-order valence-corrected chi connectivity index (χ2v) is 7.62. The third kappa shape index (κ3) is 3.64. The smallest absolute Gasteiger partial charge is 0.241 e. The van der Waals surface area contributed by atoms with Gasteiger partial charge in [0.05, 0.1) is 22.6 Å². The van der Waals surface area contributed by atoms with E-state index >= 15 is 0 Å². The summed E-state index contributed by atoms with van der Waals surface area (Å²) in [6.07, 6.45) is 0. The first-order valence-corrected chi connectivity index (χ1v) is 9.44. The summed E-state index contributed by atoms with van der Waals surface area (Å²) >= 11 is 0. The Balaban J connectivity index is 1.82. The van der Waals surface area contributed by atoms with Gasteiger partial charge in [-0.2, -0.15) is 5.26 Å². The molecule has 0 aliphatic heterocycles. The van der Waals surface area contributed by atoms with E-state index in [0.717, 1.165) is 10.8 Å². The van der Waals surface area contributed by atoms with Crippen LogP contribution < -0.4 is 4.72 Å². The number of rotatable bonds is 5. The quantitative estimate of drug-likeness (QED) is 0.704. The maximum Gasteiger partial charge on any atom is 0.241 e. The largest absolute Gasteiger partial charge is 0.292 e. The third-order valence-corrected chi connectivity index (χ3v) is 5.59. The molecule has 0 aromatic heterocycles. The highest BCUT2D eigenvalue weighted by Gasteiger charge is 2.23. The summed E-state index contributed by atoms with van der Waals surface area (Å²) in [5.74, 6) is -0.362. The number of carbonyl (C=O) groups is 1. The predicted octanol–water partition coefficient (Wildman–Crippen LogP) is 3.26. The molecule has 0 bridgehead atoms. The Morgan fingerprint density at radius 3 is 2.31 bits per heavy atom. The molecule has 3 rings (SSSR count). The van der Waals surface area contributed by atoms with Crippen molar-refractivity contribution >= 4 is 26.6 Å². The van der Waals surface area contributed by atoms with Crippen molar-refractivity contribution in [1.29, 1.82) is 5.26 Å². The maximum atomic E-state index is 12.6. The summed E-state index contributed by atoms with van der Waals surface area (Å²) in [5.41, 5.74) is 0.781. The van der Waals surface area contributed by atoms with Gasteiger partial charge in [0.15, 0.2) is 5.78 Å². The molecule has 0 aliphatic carbocycles. The molecular formula is C20H16N2O3S. The highest BCUT2D eigenvalue weighted by atomic mass is 32.2. The van der Waals surface area contributed by atoms with Crippen molar-refractivity contribution < 1.29 is 13.2 Å². The molecule has 3 aromatic carbocycles. The van der Waals surface area contributed by atoms with Gasteiger partial charge in [-0.25, -0.2) is 13.1 Å². The zero-order valence-electron chi connectivity index (χ0n) is 14.0. The van der Waals surface area contributed by atoms with Gasteiger partial charge in [0.25, 0.3) is 0 Å². The van der Waals surface area contributed by atoms with Crippen LogP contribution in [0.4, 0.5) is 0 Å². The molecule has 0 saturated carbocycles. The minimum Gasteiger partial charge on any atom is -0.292 e. The van der Waals surface area contributed by atoms with Crippen LogP contribution in [0.3, 0.4) is 0 Å². The van der Waals surface area contributed by atoms with Crippen LogP contribution in [0.2, 0.25) is 0 Å². The average molecular weight is 364 g/mol. The summed E-state index contributed by atoms with van der Waals surface area (Å²) < 4.78 is 27.7. The highest BCUT2D eigenvalue weighted by molar-refractivity contribution is 7.89. The summed E-state index contributed by atoms with van der Waals surface area (Å²) in [6, 6.07) is 19.4. The summed E-state index contributed by atoms with van der Waals surface area (Å²) in [5, 5.41) is 10.5. The molecule has 26 heavy (non-hydrogen) atoms. The Morgan fingerprint density at radius 2 is 1.65 bits per heavy atom. The van der Waals surface area contributed by atoms with Gasteiger partial charge in [-0.15, -0.1) is 0 Å².